The van der Waals surface area contributed by atoms with Gasteiger partial charge in [-0.05, 0) is 32.4 Å². The average Bonchev–Trinajstić information content (AvgIpc) is 3.21. The predicted molar refractivity (Wildman–Crippen MR) is 111 cm³/mol. The van der Waals surface area contributed by atoms with Crippen molar-refractivity contribution in [1.82, 2.24) is 15.3 Å². The van der Waals surface area contributed by atoms with Gasteiger partial charge in [-0.25, -0.2) is 9.97 Å². The number of likely N-dealkylation sites (N-methyl/N-ethyl adjacent to an activating group) is 1. The van der Waals surface area contributed by atoms with E-state index in [1.54, 1.807) is 22.7 Å². The quantitative estimate of drug-likeness (QED) is 0.512. The molecule has 1 aliphatic rings. The maximum atomic E-state index is 11.8. The van der Waals surface area contributed by atoms with Crippen LogP contribution in [0.1, 0.15) is 42.8 Å². The number of furan rings is 1. The van der Waals surface area contributed by atoms with Crippen LogP contribution in [0, 0.1) is 0 Å². The molecule has 0 aromatic carbocycles. The molecule has 2 N–H and O–H groups in total. The molecule has 0 unspecified atom stereocenters. The molecule has 3 rings (SSSR count). The highest BCUT2D eigenvalue weighted by Gasteiger charge is 2.21. The van der Waals surface area contributed by atoms with Crippen molar-refractivity contribution < 1.29 is 14.1 Å². The number of carbonyl (C=O) groups excluding carboxylic acids is 1. The topological polar surface area (TPSA) is 75.7 Å². The number of nitrogens with one attached hydrogen (secondary N) is 2. The van der Waals surface area contributed by atoms with E-state index in [0.717, 1.165) is 55.0 Å². The summed E-state index contributed by atoms with van der Waals surface area (Å²) in [6, 6.07) is 5.67. The maximum Gasteiger partial charge on any atom is 0.286 e. The fourth-order valence-electron chi connectivity index (χ4n) is 3.23. The Labute approximate surface area is 170 Å². The molecule has 1 amide bonds. The van der Waals surface area contributed by atoms with Crippen LogP contribution < -0.4 is 15.1 Å². The van der Waals surface area contributed by atoms with Crippen LogP contribution in [-0.2, 0) is 12.2 Å². The molecule has 0 radical (unpaired) electrons. The highest BCUT2D eigenvalue weighted by molar-refractivity contribution is 7.98. The summed E-state index contributed by atoms with van der Waals surface area (Å²) in [6.45, 7) is 12.4. The number of thioether (sulfide) groups is 1. The Bertz CT molecular complexity index is 787. The Kier molecular flexibility index (Phi) is 7.33. The Morgan fingerprint density at radius 1 is 1.25 bits per heavy atom. The summed E-state index contributed by atoms with van der Waals surface area (Å²) in [5.74, 6) is 2.53. The summed E-state index contributed by atoms with van der Waals surface area (Å²) in [5, 5.41) is 3.50. The molecule has 0 atom stereocenters. The molecule has 1 saturated heterocycles. The van der Waals surface area contributed by atoms with Gasteiger partial charge in [0.1, 0.15) is 11.6 Å². The summed E-state index contributed by atoms with van der Waals surface area (Å²) in [5.41, 5.74) is 1.06. The van der Waals surface area contributed by atoms with Crippen LogP contribution in [0.2, 0.25) is 0 Å². The minimum atomic E-state index is -0.182. The molecule has 7 nitrogen and oxygen atoms in total. The van der Waals surface area contributed by atoms with Crippen LogP contribution in [0.15, 0.2) is 27.8 Å². The van der Waals surface area contributed by atoms with Gasteiger partial charge in [-0.1, -0.05) is 18.7 Å². The van der Waals surface area contributed by atoms with Crippen molar-refractivity contribution in [2.75, 3.05) is 44.2 Å². The summed E-state index contributed by atoms with van der Waals surface area (Å²) in [6.07, 6.45) is 0.880. The molecule has 0 saturated carbocycles. The summed E-state index contributed by atoms with van der Waals surface area (Å²) in [4.78, 5) is 25.3. The molecule has 2 aromatic rings. The Morgan fingerprint density at radius 3 is 2.71 bits per heavy atom. The highest BCUT2D eigenvalue weighted by Crippen LogP contribution is 2.24. The smallest absolute Gasteiger partial charge is 0.286 e. The van der Waals surface area contributed by atoms with Crippen LogP contribution in [0.4, 0.5) is 5.82 Å². The van der Waals surface area contributed by atoms with Crippen molar-refractivity contribution in [3.8, 4) is 0 Å². The first-order valence-corrected chi connectivity index (χ1v) is 11.1. The maximum absolute atomic E-state index is 11.8. The van der Waals surface area contributed by atoms with Crippen LogP contribution in [-0.4, -0.2) is 55.1 Å². The number of hydrogen-bond acceptors (Lipinski definition) is 6. The SMILES string of the molecule is CCNC(=O)c1ccc(CSc2nc(CC)cc(N3CC[NH+](CC)CC3)n2)o1. The monoisotopic (exact) mass is 404 g/mol. The second-order valence-corrected chi connectivity index (χ2v) is 7.80. The molecule has 28 heavy (non-hydrogen) atoms. The Hall–Kier alpha value is -2.06. The molecule has 2 aromatic heterocycles. The lowest BCUT2D eigenvalue weighted by Gasteiger charge is -2.32. The summed E-state index contributed by atoms with van der Waals surface area (Å²) < 4.78 is 5.65. The van der Waals surface area contributed by atoms with Gasteiger partial charge in [-0.15, -0.1) is 0 Å². The number of aryl methyl sites for hydroxylation is 1. The third-order valence-electron chi connectivity index (χ3n) is 4.97. The third kappa shape index (κ3) is 5.26. The van der Waals surface area contributed by atoms with Gasteiger partial charge in [0.2, 0.25) is 0 Å². The number of hydrogen-bond donors (Lipinski definition) is 2. The minimum Gasteiger partial charge on any atom is -0.455 e. The fraction of sp³-hybridized carbons (Fsp3) is 0.550. The normalized spacial score (nSPS) is 15.0. The zero-order valence-electron chi connectivity index (χ0n) is 17.0. The first kappa shape index (κ1) is 20.7. The van der Waals surface area contributed by atoms with Gasteiger partial charge >= 0.3 is 0 Å². The number of carbonyl (C=O) groups is 1. The van der Waals surface area contributed by atoms with Crippen LogP contribution in [0.25, 0.3) is 0 Å². The van der Waals surface area contributed by atoms with Crippen molar-refractivity contribution in [2.45, 2.75) is 38.1 Å². The lowest BCUT2D eigenvalue weighted by molar-refractivity contribution is -0.898. The Balaban J connectivity index is 1.66. The van der Waals surface area contributed by atoms with E-state index in [-0.39, 0.29) is 5.91 Å². The molecule has 152 valence electrons. The van der Waals surface area contributed by atoms with Crippen molar-refractivity contribution in [3.05, 3.63) is 35.4 Å². The molecular weight excluding hydrogens is 374 g/mol. The van der Waals surface area contributed by atoms with Gasteiger partial charge in [0.25, 0.3) is 5.91 Å². The van der Waals surface area contributed by atoms with Gasteiger partial charge < -0.3 is 19.5 Å². The van der Waals surface area contributed by atoms with Crippen molar-refractivity contribution in [1.29, 1.82) is 0 Å². The van der Waals surface area contributed by atoms with Crippen molar-refractivity contribution in [3.63, 3.8) is 0 Å². The van der Waals surface area contributed by atoms with Gasteiger partial charge in [0.15, 0.2) is 10.9 Å². The summed E-state index contributed by atoms with van der Waals surface area (Å²) in [7, 11) is 0. The van der Waals surface area contributed by atoms with Gasteiger partial charge in [-0.2, -0.15) is 0 Å². The largest absolute Gasteiger partial charge is 0.455 e. The molecular formula is C20H30N5O2S+. The Morgan fingerprint density at radius 2 is 2.04 bits per heavy atom. The van der Waals surface area contributed by atoms with E-state index < -0.39 is 0 Å². The first-order valence-electron chi connectivity index (χ1n) is 10.1. The second-order valence-electron chi connectivity index (χ2n) is 6.86. The fourth-order valence-corrected chi connectivity index (χ4v) is 4.00. The molecule has 1 fully saturated rings. The van der Waals surface area contributed by atoms with E-state index in [0.29, 0.717) is 18.1 Å². The van der Waals surface area contributed by atoms with E-state index in [9.17, 15) is 4.79 Å². The van der Waals surface area contributed by atoms with E-state index in [2.05, 4.69) is 35.1 Å². The zero-order chi connectivity index (χ0) is 19.9. The first-order chi connectivity index (χ1) is 13.6. The number of aromatic nitrogens is 2. The zero-order valence-corrected chi connectivity index (χ0v) is 17.8. The van der Waals surface area contributed by atoms with Gasteiger partial charge in [-0.3, -0.25) is 4.79 Å². The number of piperazine rings is 1. The summed E-state index contributed by atoms with van der Waals surface area (Å²) >= 11 is 1.55. The highest BCUT2D eigenvalue weighted by atomic mass is 32.2. The molecule has 1 aliphatic heterocycles. The number of nitrogens with zero attached hydrogens (tertiary/aromatic N) is 3. The standard InChI is InChI=1S/C20H29N5O2S/c1-4-15-13-18(25-11-9-24(6-3)10-12-25)23-20(22-15)28-14-16-7-8-17(27-16)19(26)21-5-2/h7-8,13H,4-6,9-12,14H2,1-3H3,(H,21,26)/p+1. The molecule has 8 heteroatoms. The average molecular weight is 405 g/mol. The molecule has 0 aliphatic carbocycles. The van der Waals surface area contributed by atoms with Crippen molar-refractivity contribution >= 4 is 23.5 Å². The van der Waals surface area contributed by atoms with Crippen LogP contribution in [0.5, 0.6) is 0 Å². The van der Waals surface area contributed by atoms with E-state index >= 15 is 0 Å². The minimum absolute atomic E-state index is 0.182. The van der Waals surface area contributed by atoms with Crippen LogP contribution in [0.3, 0.4) is 0 Å². The number of rotatable bonds is 8. The number of amides is 1. The molecule has 0 bridgehead atoms. The number of anilines is 1. The van der Waals surface area contributed by atoms with Crippen LogP contribution >= 0.6 is 11.8 Å². The van der Waals surface area contributed by atoms with Gasteiger partial charge in [0.05, 0.1) is 38.5 Å². The molecule has 0 spiro atoms. The third-order valence-corrected chi connectivity index (χ3v) is 5.84. The molecule has 3 heterocycles. The van der Waals surface area contributed by atoms with E-state index in [4.69, 9.17) is 9.40 Å². The van der Waals surface area contributed by atoms with E-state index in [1.165, 1.54) is 6.54 Å². The van der Waals surface area contributed by atoms with Gasteiger partial charge in [0, 0.05) is 18.3 Å². The van der Waals surface area contributed by atoms with Crippen molar-refractivity contribution in [2.24, 2.45) is 0 Å². The van der Waals surface area contributed by atoms with E-state index in [1.807, 2.05) is 13.0 Å². The number of quaternary nitrogens is 1. The second kappa shape index (κ2) is 9.93. The lowest BCUT2D eigenvalue weighted by Crippen LogP contribution is -3.14. The predicted octanol–water partition coefficient (Wildman–Crippen LogP) is 1.40. The lowest BCUT2D eigenvalue weighted by atomic mass is 10.2.